The molecule has 3 amide bonds. The number of carbonyl (C=O) groups is 4. The lowest BCUT2D eigenvalue weighted by molar-refractivity contribution is -0.166. The molecule has 0 saturated carbocycles. The van der Waals surface area contributed by atoms with Gasteiger partial charge < -0.3 is 31.3 Å². The topological polar surface area (TPSA) is 238 Å². The van der Waals surface area contributed by atoms with E-state index in [0.717, 1.165) is 48.5 Å². The van der Waals surface area contributed by atoms with Crippen molar-refractivity contribution in [3.05, 3.63) is 94.5 Å². The summed E-state index contributed by atoms with van der Waals surface area (Å²) in [5.74, 6) is -9.37. The van der Waals surface area contributed by atoms with Crippen molar-refractivity contribution in [3.8, 4) is 0 Å². The highest BCUT2D eigenvalue weighted by molar-refractivity contribution is 7.52. The van der Waals surface area contributed by atoms with Crippen LogP contribution in [0.1, 0.15) is 32.6 Å². The molecule has 0 saturated heterocycles. The van der Waals surface area contributed by atoms with Gasteiger partial charge >= 0.3 is 25.2 Å². The van der Waals surface area contributed by atoms with Crippen LogP contribution in [0, 0.1) is 0 Å². The number of amides is 3. The van der Waals surface area contributed by atoms with Gasteiger partial charge in [0.2, 0.25) is 11.8 Å². The second-order valence-corrected chi connectivity index (χ2v) is 11.9. The number of benzene rings is 3. The second kappa shape index (κ2) is 13.3. The molecule has 0 aliphatic heterocycles. The molecular weight excluding hydrogens is 655 g/mol. The number of hydrogen-bond acceptors (Lipinski definition) is 7. The predicted octanol–water partition coefficient (Wildman–Crippen LogP) is 1.92. The summed E-state index contributed by atoms with van der Waals surface area (Å²) >= 11 is 0. The number of halogens is 4. The van der Waals surface area contributed by atoms with Crippen LogP contribution in [0.4, 0.5) is 17.6 Å². The number of primary amides is 1. The number of carbonyl (C=O) groups excluding carboxylic acids is 3. The molecule has 0 aliphatic carbocycles. The molecule has 2 atom stereocenters. The second-order valence-electron chi connectivity index (χ2n) is 10.3. The number of aromatic amines is 1. The number of H-pyrrole nitrogens is 1. The lowest BCUT2D eigenvalue weighted by Gasteiger charge is -2.23. The summed E-state index contributed by atoms with van der Waals surface area (Å²) in [4.78, 5) is 67.7. The molecule has 0 aliphatic rings. The number of alkyl halides is 4. The first-order valence-electron chi connectivity index (χ1n) is 13.3. The molecular formula is C28H25F4N6O8P. The minimum absolute atomic E-state index is 0.0549. The number of rotatable bonds is 13. The van der Waals surface area contributed by atoms with Crippen LogP contribution in [-0.4, -0.2) is 66.1 Å². The highest BCUT2D eigenvalue weighted by Gasteiger charge is 2.50. The SMILES string of the molecule is NC(=O)C(Cc1ccc(C(F)(F)P(=O)(O)O)cc1)NC(=O)C(Cc1ccc(C(F)(F)C(=O)O)cc1)NC(=O)c1ccc2n[nH]nc2c1. The van der Waals surface area contributed by atoms with Crippen molar-refractivity contribution in [1.82, 2.24) is 26.0 Å². The number of hydrogen-bond donors (Lipinski definition) is 7. The normalized spacial score (nSPS) is 13.5. The van der Waals surface area contributed by atoms with Gasteiger partial charge in [0.1, 0.15) is 23.1 Å². The zero-order valence-electron chi connectivity index (χ0n) is 23.7. The molecule has 19 heteroatoms. The van der Waals surface area contributed by atoms with Gasteiger partial charge in [-0.25, -0.2) is 4.79 Å². The number of carboxylic acid groups (broad SMARTS) is 1. The van der Waals surface area contributed by atoms with Crippen LogP contribution in [-0.2, 0) is 43.4 Å². The third-order valence-electron chi connectivity index (χ3n) is 6.99. The molecule has 8 N–H and O–H groups in total. The minimum atomic E-state index is -5.84. The van der Waals surface area contributed by atoms with Crippen molar-refractivity contribution < 1.29 is 56.2 Å². The Kier molecular flexibility index (Phi) is 9.79. The molecule has 1 heterocycles. The van der Waals surface area contributed by atoms with Crippen LogP contribution in [0.25, 0.3) is 11.0 Å². The van der Waals surface area contributed by atoms with Gasteiger partial charge in [-0.1, -0.05) is 48.5 Å². The van der Waals surface area contributed by atoms with Crippen molar-refractivity contribution >= 4 is 42.3 Å². The number of nitrogens with zero attached hydrogens (tertiary/aromatic N) is 2. The van der Waals surface area contributed by atoms with E-state index in [0.29, 0.717) is 11.0 Å². The van der Waals surface area contributed by atoms with Crippen molar-refractivity contribution in [2.75, 3.05) is 0 Å². The maximum absolute atomic E-state index is 14.0. The van der Waals surface area contributed by atoms with Crippen molar-refractivity contribution in [2.45, 2.75) is 36.5 Å². The lowest BCUT2D eigenvalue weighted by Crippen LogP contribution is -2.54. The first-order chi connectivity index (χ1) is 21.9. The fourth-order valence-corrected chi connectivity index (χ4v) is 4.87. The standard InChI is InChI=1S/C28H25F4N6O8P/c29-27(30,26(42)43)17-6-1-15(2-7-17)12-22(35-24(40)16-5-10-19-20(13-16)37-38-36-19)25(41)34-21(23(33)39)11-14-3-8-18(9-4-14)28(31,32)47(44,45)46/h1-10,13,21-22H,11-12H2,(H2,33,39)(H,34,41)(H,35,40)(H,42,43)(H,36,37,38)(H2,44,45,46). The molecule has 4 rings (SSSR count). The third-order valence-corrected chi connectivity index (χ3v) is 7.98. The number of nitrogens with two attached hydrogens (primary N) is 1. The molecule has 0 spiro atoms. The van der Waals surface area contributed by atoms with Gasteiger partial charge in [-0.05, 0) is 29.3 Å². The van der Waals surface area contributed by atoms with Gasteiger partial charge in [0.05, 0.1) is 0 Å². The van der Waals surface area contributed by atoms with Gasteiger partial charge in [0, 0.05) is 29.5 Å². The Morgan fingerprint density at radius 1 is 0.809 bits per heavy atom. The Balaban J connectivity index is 1.57. The quantitative estimate of drug-likeness (QED) is 0.0800. The summed E-state index contributed by atoms with van der Waals surface area (Å²) in [6.45, 7) is 0. The molecule has 14 nitrogen and oxygen atoms in total. The minimum Gasteiger partial charge on any atom is -0.477 e. The van der Waals surface area contributed by atoms with Crippen molar-refractivity contribution in [1.29, 1.82) is 0 Å². The molecule has 4 aromatic rings. The fourth-order valence-electron chi connectivity index (χ4n) is 4.38. The molecule has 47 heavy (non-hydrogen) atoms. The average molecular weight is 681 g/mol. The summed E-state index contributed by atoms with van der Waals surface area (Å²) in [6, 6.07) is 8.81. The molecule has 248 valence electrons. The van der Waals surface area contributed by atoms with Crippen molar-refractivity contribution in [3.63, 3.8) is 0 Å². The Morgan fingerprint density at radius 3 is 1.87 bits per heavy atom. The zero-order chi connectivity index (χ0) is 34.7. The van der Waals surface area contributed by atoms with Crippen LogP contribution in [0.2, 0.25) is 0 Å². The van der Waals surface area contributed by atoms with E-state index in [2.05, 4.69) is 26.0 Å². The van der Waals surface area contributed by atoms with Crippen LogP contribution < -0.4 is 16.4 Å². The van der Waals surface area contributed by atoms with E-state index in [1.807, 2.05) is 0 Å². The summed E-state index contributed by atoms with van der Waals surface area (Å²) < 4.78 is 67.1. The molecule has 1 aromatic heterocycles. The predicted molar refractivity (Wildman–Crippen MR) is 154 cm³/mol. The number of carboxylic acids is 1. The monoisotopic (exact) mass is 680 g/mol. The fraction of sp³-hybridized carbons (Fsp3) is 0.214. The summed E-state index contributed by atoms with van der Waals surface area (Å²) in [7, 11) is -5.84. The summed E-state index contributed by atoms with van der Waals surface area (Å²) in [5.41, 5.74) is 0.347. The van der Waals surface area contributed by atoms with E-state index in [-0.39, 0.29) is 29.5 Å². The highest BCUT2D eigenvalue weighted by Crippen LogP contribution is 2.59. The average Bonchev–Trinajstić information content (AvgIpc) is 3.48. The van der Waals surface area contributed by atoms with Gasteiger partial charge in [0.15, 0.2) is 0 Å². The Hall–Kier alpha value is -5.19. The van der Waals surface area contributed by atoms with Gasteiger partial charge in [0.25, 0.3) is 5.91 Å². The number of nitrogens with one attached hydrogen (secondary N) is 3. The first-order valence-corrected chi connectivity index (χ1v) is 15.0. The molecule has 2 unspecified atom stereocenters. The first kappa shape index (κ1) is 34.7. The largest absolute Gasteiger partial charge is 0.477 e. The smallest absolute Gasteiger partial charge is 0.399 e. The Bertz CT molecular complexity index is 1860. The zero-order valence-corrected chi connectivity index (χ0v) is 24.6. The number of fused-ring (bicyclic) bond motifs is 1. The van der Waals surface area contributed by atoms with E-state index in [1.165, 1.54) is 18.2 Å². The molecule has 3 aromatic carbocycles. The number of aliphatic carboxylic acids is 1. The summed E-state index contributed by atoms with van der Waals surface area (Å²) in [6.07, 6.45) is -0.689. The highest BCUT2D eigenvalue weighted by atomic mass is 31.2. The maximum Gasteiger partial charge on any atom is 0.399 e. The van der Waals surface area contributed by atoms with Crippen LogP contribution >= 0.6 is 7.60 Å². The van der Waals surface area contributed by atoms with Crippen LogP contribution in [0.5, 0.6) is 0 Å². The lowest BCUT2D eigenvalue weighted by atomic mass is 9.99. The van der Waals surface area contributed by atoms with Gasteiger partial charge in [-0.3, -0.25) is 18.9 Å². The van der Waals surface area contributed by atoms with Crippen LogP contribution in [0.15, 0.2) is 66.7 Å². The molecule has 0 fully saturated rings. The van der Waals surface area contributed by atoms with Crippen LogP contribution in [0.3, 0.4) is 0 Å². The van der Waals surface area contributed by atoms with Crippen molar-refractivity contribution in [2.24, 2.45) is 5.73 Å². The Labute approximate surface area is 261 Å². The summed E-state index contributed by atoms with van der Waals surface area (Å²) in [5, 5.41) is 23.8. The third kappa shape index (κ3) is 7.79. The van der Waals surface area contributed by atoms with E-state index in [4.69, 9.17) is 20.6 Å². The van der Waals surface area contributed by atoms with E-state index >= 15 is 0 Å². The van der Waals surface area contributed by atoms with E-state index < -0.39 is 66.1 Å². The molecule has 0 bridgehead atoms. The van der Waals surface area contributed by atoms with Gasteiger partial charge in [-0.15, -0.1) is 0 Å². The van der Waals surface area contributed by atoms with E-state index in [9.17, 15) is 41.3 Å². The maximum atomic E-state index is 14.0. The van der Waals surface area contributed by atoms with E-state index in [1.54, 1.807) is 0 Å². The number of aromatic nitrogens is 3. The Morgan fingerprint density at radius 2 is 1.34 bits per heavy atom. The van der Waals surface area contributed by atoms with Gasteiger partial charge in [-0.2, -0.15) is 33.0 Å². The molecule has 0 radical (unpaired) electrons.